The molecule has 4 nitrogen and oxygen atoms in total. The standard InChI is InChI=1S/C22H27FN2O2/c23-21-8-6-18(7-9-21)16-25-13-10-20(11-14-25)22(26)24-12-15-27-17-19-4-2-1-3-5-19/h1-9,20H,10-17H2,(H,24,26). The van der Waals surface area contributed by atoms with Crippen LogP contribution in [0.5, 0.6) is 0 Å². The van der Waals surface area contributed by atoms with E-state index in [1.165, 1.54) is 12.1 Å². The first-order valence-electron chi connectivity index (χ1n) is 9.57. The first-order chi connectivity index (χ1) is 13.2. The summed E-state index contributed by atoms with van der Waals surface area (Å²) >= 11 is 0. The fraction of sp³-hybridized carbons (Fsp3) is 0.409. The highest BCUT2D eigenvalue weighted by Gasteiger charge is 2.24. The minimum absolute atomic E-state index is 0.0728. The number of rotatable bonds is 8. The van der Waals surface area contributed by atoms with Gasteiger partial charge in [0.15, 0.2) is 0 Å². The van der Waals surface area contributed by atoms with Gasteiger partial charge < -0.3 is 10.1 Å². The molecule has 3 rings (SSSR count). The number of ether oxygens (including phenoxy) is 1. The van der Waals surface area contributed by atoms with Crippen molar-refractivity contribution in [1.82, 2.24) is 10.2 Å². The number of nitrogens with zero attached hydrogens (tertiary/aromatic N) is 1. The van der Waals surface area contributed by atoms with Crippen molar-refractivity contribution in [3.8, 4) is 0 Å². The maximum atomic E-state index is 13.0. The molecule has 1 saturated heterocycles. The Morgan fingerprint density at radius 3 is 2.44 bits per heavy atom. The maximum absolute atomic E-state index is 13.0. The molecule has 0 aromatic heterocycles. The van der Waals surface area contributed by atoms with Gasteiger partial charge in [-0.2, -0.15) is 0 Å². The zero-order chi connectivity index (χ0) is 18.9. The molecule has 1 heterocycles. The number of halogens is 1. The Kier molecular flexibility index (Phi) is 7.36. The van der Waals surface area contributed by atoms with E-state index >= 15 is 0 Å². The molecule has 0 saturated carbocycles. The number of piperidine rings is 1. The van der Waals surface area contributed by atoms with Crippen molar-refractivity contribution in [2.45, 2.75) is 26.0 Å². The molecular formula is C22H27FN2O2. The Morgan fingerprint density at radius 1 is 1.04 bits per heavy atom. The Morgan fingerprint density at radius 2 is 1.74 bits per heavy atom. The van der Waals surface area contributed by atoms with Gasteiger partial charge in [-0.3, -0.25) is 9.69 Å². The highest BCUT2D eigenvalue weighted by atomic mass is 19.1. The fourth-order valence-electron chi connectivity index (χ4n) is 3.36. The van der Waals surface area contributed by atoms with E-state index in [0.29, 0.717) is 19.8 Å². The quantitative estimate of drug-likeness (QED) is 0.725. The first-order valence-corrected chi connectivity index (χ1v) is 9.57. The second-order valence-corrected chi connectivity index (χ2v) is 7.01. The highest BCUT2D eigenvalue weighted by molar-refractivity contribution is 5.78. The lowest BCUT2D eigenvalue weighted by atomic mass is 9.95. The third-order valence-corrected chi connectivity index (χ3v) is 4.93. The number of hydrogen-bond donors (Lipinski definition) is 1. The molecule has 144 valence electrons. The lowest BCUT2D eigenvalue weighted by Gasteiger charge is -2.31. The Bertz CT molecular complexity index is 698. The van der Waals surface area contributed by atoms with E-state index in [0.717, 1.165) is 43.6 Å². The average Bonchev–Trinajstić information content (AvgIpc) is 2.71. The summed E-state index contributed by atoms with van der Waals surface area (Å²) in [4.78, 5) is 14.6. The molecule has 1 N–H and O–H groups in total. The molecule has 5 heteroatoms. The Hall–Kier alpha value is -2.24. The van der Waals surface area contributed by atoms with Crippen LogP contribution in [-0.2, 0) is 22.7 Å². The van der Waals surface area contributed by atoms with E-state index in [4.69, 9.17) is 4.74 Å². The number of amides is 1. The number of benzene rings is 2. The van der Waals surface area contributed by atoms with E-state index in [1.807, 2.05) is 42.5 Å². The summed E-state index contributed by atoms with van der Waals surface area (Å²) in [5.41, 5.74) is 2.24. The number of nitrogens with one attached hydrogen (secondary N) is 1. The summed E-state index contributed by atoms with van der Waals surface area (Å²) in [6.07, 6.45) is 1.72. The molecule has 27 heavy (non-hydrogen) atoms. The van der Waals surface area contributed by atoms with Gasteiger partial charge in [-0.1, -0.05) is 42.5 Å². The first kappa shape index (κ1) is 19.5. The van der Waals surface area contributed by atoms with Crippen LogP contribution in [0.1, 0.15) is 24.0 Å². The summed E-state index contributed by atoms with van der Waals surface area (Å²) in [5.74, 6) is -0.00906. The van der Waals surface area contributed by atoms with E-state index in [1.54, 1.807) is 0 Å². The minimum atomic E-state index is -0.207. The average molecular weight is 370 g/mol. The molecule has 0 unspecified atom stereocenters. The molecule has 1 aliphatic heterocycles. The van der Waals surface area contributed by atoms with Crippen molar-refractivity contribution in [2.75, 3.05) is 26.2 Å². The zero-order valence-corrected chi connectivity index (χ0v) is 15.6. The third-order valence-electron chi connectivity index (χ3n) is 4.93. The van der Waals surface area contributed by atoms with Crippen LogP contribution in [-0.4, -0.2) is 37.0 Å². The molecule has 0 bridgehead atoms. The van der Waals surface area contributed by atoms with Crippen LogP contribution < -0.4 is 5.32 Å². The van der Waals surface area contributed by atoms with Crippen molar-refractivity contribution in [3.63, 3.8) is 0 Å². The summed E-state index contributed by atoms with van der Waals surface area (Å²) in [5, 5.41) is 2.99. The lowest BCUT2D eigenvalue weighted by molar-refractivity contribution is -0.126. The van der Waals surface area contributed by atoms with Gasteiger partial charge in [0.05, 0.1) is 13.2 Å². The predicted molar refractivity (Wildman–Crippen MR) is 104 cm³/mol. The largest absolute Gasteiger partial charge is 0.375 e. The zero-order valence-electron chi connectivity index (χ0n) is 15.6. The second-order valence-electron chi connectivity index (χ2n) is 7.01. The molecule has 2 aromatic carbocycles. The van der Waals surface area contributed by atoms with Crippen molar-refractivity contribution < 1.29 is 13.9 Å². The van der Waals surface area contributed by atoms with Crippen molar-refractivity contribution in [3.05, 3.63) is 71.5 Å². The number of carbonyl (C=O) groups is 1. The Balaban J connectivity index is 1.29. The van der Waals surface area contributed by atoms with Crippen LogP contribution in [0, 0.1) is 11.7 Å². The third kappa shape index (κ3) is 6.45. The smallest absolute Gasteiger partial charge is 0.223 e. The molecule has 0 aliphatic carbocycles. The molecule has 0 radical (unpaired) electrons. The van der Waals surface area contributed by atoms with Gasteiger partial charge in [0.1, 0.15) is 5.82 Å². The van der Waals surface area contributed by atoms with E-state index < -0.39 is 0 Å². The SMILES string of the molecule is O=C(NCCOCc1ccccc1)C1CCN(Cc2ccc(F)cc2)CC1. The lowest BCUT2D eigenvalue weighted by Crippen LogP contribution is -2.41. The molecule has 1 aliphatic rings. The van der Waals surface area contributed by atoms with Gasteiger partial charge in [-0.25, -0.2) is 4.39 Å². The summed E-state index contributed by atoms with van der Waals surface area (Å²) in [6, 6.07) is 16.6. The molecule has 1 fully saturated rings. The van der Waals surface area contributed by atoms with Gasteiger partial charge in [0, 0.05) is 19.0 Å². The van der Waals surface area contributed by atoms with E-state index in [-0.39, 0.29) is 17.6 Å². The maximum Gasteiger partial charge on any atom is 0.223 e. The molecule has 1 amide bonds. The normalized spacial score (nSPS) is 15.6. The van der Waals surface area contributed by atoms with Crippen molar-refractivity contribution in [2.24, 2.45) is 5.92 Å². The van der Waals surface area contributed by atoms with E-state index in [2.05, 4.69) is 10.2 Å². The van der Waals surface area contributed by atoms with Crippen LogP contribution in [0.3, 0.4) is 0 Å². The van der Waals surface area contributed by atoms with Gasteiger partial charge in [-0.05, 0) is 49.2 Å². The van der Waals surface area contributed by atoms with Gasteiger partial charge in [-0.15, -0.1) is 0 Å². The summed E-state index contributed by atoms with van der Waals surface area (Å²) < 4.78 is 18.6. The summed E-state index contributed by atoms with van der Waals surface area (Å²) in [7, 11) is 0. The van der Waals surface area contributed by atoms with Crippen LogP contribution in [0.4, 0.5) is 4.39 Å². The Labute approximate surface area is 160 Å². The van der Waals surface area contributed by atoms with Gasteiger partial charge in [0.2, 0.25) is 5.91 Å². The number of hydrogen-bond acceptors (Lipinski definition) is 3. The van der Waals surface area contributed by atoms with Crippen molar-refractivity contribution in [1.29, 1.82) is 0 Å². The van der Waals surface area contributed by atoms with Crippen molar-refractivity contribution >= 4 is 5.91 Å². The van der Waals surface area contributed by atoms with Crippen LogP contribution in [0.2, 0.25) is 0 Å². The van der Waals surface area contributed by atoms with Crippen LogP contribution in [0.15, 0.2) is 54.6 Å². The molecule has 0 atom stereocenters. The van der Waals surface area contributed by atoms with Crippen LogP contribution in [0.25, 0.3) is 0 Å². The molecular weight excluding hydrogens is 343 g/mol. The van der Waals surface area contributed by atoms with E-state index in [9.17, 15) is 9.18 Å². The minimum Gasteiger partial charge on any atom is -0.375 e. The highest BCUT2D eigenvalue weighted by Crippen LogP contribution is 2.19. The van der Waals surface area contributed by atoms with Gasteiger partial charge >= 0.3 is 0 Å². The number of carbonyl (C=O) groups excluding carboxylic acids is 1. The number of likely N-dealkylation sites (tertiary alicyclic amines) is 1. The summed E-state index contributed by atoms with van der Waals surface area (Å²) in [6.45, 7) is 4.21. The van der Waals surface area contributed by atoms with Gasteiger partial charge in [0.25, 0.3) is 0 Å². The monoisotopic (exact) mass is 370 g/mol. The molecule has 0 spiro atoms. The topological polar surface area (TPSA) is 41.6 Å². The predicted octanol–water partition coefficient (Wildman–Crippen LogP) is 3.37. The second kappa shape index (κ2) is 10.2. The fourth-order valence-corrected chi connectivity index (χ4v) is 3.36. The van der Waals surface area contributed by atoms with Crippen LogP contribution >= 0.6 is 0 Å². The molecule has 2 aromatic rings.